The van der Waals surface area contributed by atoms with Crippen molar-refractivity contribution in [2.45, 2.75) is 32.2 Å². The molecule has 0 aromatic heterocycles. The first-order chi connectivity index (χ1) is 12.7. The molecule has 0 radical (unpaired) electrons. The Morgan fingerprint density at radius 2 is 2.08 bits per heavy atom. The maximum atomic E-state index is 5.52. The number of nitrogens with zero attached hydrogens (tertiary/aromatic N) is 3. The van der Waals surface area contributed by atoms with Crippen LogP contribution in [0.25, 0.3) is 5.57 Å². The number of allylic oxidation sites excluding steroid dienone is 2. The van der Waals surface area contributed by atoms with Crippen molar-refractivity contribution in [1.29, 1.82) is 0 Å². The molecule has 0 amide bonds. The predicted molar refractivity (Wildman–Crippen MR) is 107 cm³/mol. The normalized spacial score (nSPS) is 22.6. The van der Waals surface area contributed by atoms with E-state index >= 15 is 0 Å². The molecule has 3 heterocycles. The molecule has 0 spiro atoms. The minimum atomic E-state index is 0.730. The van der Waals surface area contributed by atoms with Crippen LogP contribution in [0.1, 0.15) is 31.7 Å². The lowest BCUT2D eigenvalue weighted by Crippen LogP contribution is -2.30. The van der Waals surface area contributed by atoms with Crippen LogP contribution in [-0.2, 0) is 0 Å². The largest absolute Gasteiger partial charge is 0.496 e. The van der Waals surface area contributed by atoms with Gasteiger partial charge >= 0.3 is 0 Å². The summed E-state index contributed by atoms with van der Waals surface area (Å²) < 4.78 is 5.52. The van der Waals surface area contributed by atoms with E-state index < -0.39 is 0 Å². The van der Waals surface area contributed by atoms with E-state index in [1.165, 1.54) is 25.0 Å². The molecule has 1 unspecified atom stereocenters. The Bertz CT molecular complexity index is 790. The van der Waals surface area contributed by atoms with Gasteiger partial charge in [-0.05, 0) is 56.5 Å². The third-order valence-electron chi connectivity index (χ3n) is 5.55. The molecular weight excluding hydrogens is 322 g/mol. The van der Waals surface area contributed by atoms with E-state index in [9.17, 15) is 0 Å². The molecule has 3 aliphatic rings. The van der Waals surface area contributed by atoms with Gasteiger partial charge in [0, 0.05) is 36.1 Å². The fraction of sp³-hybridized carbons (Fsp3) is 0.409. The summed E-state index contributed by atoms with van der Waals surface area (Å²) in [5.41, 5.74) is 3.66. The summed E-state index contributed by atoms with van der Waals surface area (Å²) in [6, 6.07) is 8.88. The van der Waals surface area contributed by atoms with Gasteiger partial charge in [0.05, 0.1) is 13.7 Å². The van der Waals surface area contributed by atoms with Crippen molar-refractivity contribution >= 4 is 11.4 Å². The Balaban J connectivity index is 1.50. The summed E-state index contributed by atoms with van der Waals surface area (Å²) in [6.07, 6.45) is 12.4. The number of likely N-dealkylation sites (tertiary alicyclic amines) is 1. The second-order valence-electron chi connectivity index (χ2n) is 7.26. The van der Waals surface area contributed by atoms with Crippen molar-refractivity contribution in [3.63, 3.8) is 0 Å². The molecule has 0 bridgehead atoms. The summed E-state index contributed by atoms with van der Waals surface area (Å²) in [7, 11) is 1.72. The average molecular weight is 349 g/mol. The van der Waals surface area contributed by atoms with E-state index in [1.807, 2.05) is 18.2 Å². The van der Waals surface area contributed by atoms with Gasteiger partial charge in [-0.2, -0.15) is 0 Å². The predicted octanol–water partition coefficient (Wildman–Crippen LogP) is 4.08. The summed E-state index contributed by atoms with van der Waals surface area (Å²) in [5.74, 6) is 1.91. The first-order valence-electron chi connectivity index (χ1n) is 9.54. The summed E-state index contributed by atoms with van der Waals surface area (Å²) in [5, 5.41) is 0. The van der Waals surface area contributed by atoms with Gasteiger partial charge < -0.3 is 14.5 Å². The Morgan fingerprint density at radius 3 is 2.88 bits per heavy atom. The smallest absolute Gasteiger partial charge is 0.131 e. The first-order valence-corrected chi connectivity index (χ1v) is 9.54. The summed E-state index contributed by atoms with van der Waals surface area (Å²) in [6.45, 7) is 5.55. The number of aliphatic imine (C=N–C) groups is 1. The zero-order valence-electron chi connectivity index (χ0n) is 15.7. The van der Waals surface area contributed by atoms with Gasteiger partial charge in [0.25, 0.3) is 0 Å². The number of methoxy groups -OCH3 is 1. The van der Waals surface area contributed by atoms with E-state index in [2.05, 4.69) is 47.3 Å². The van der Waals surface area contributed by atoms with Crippen molar-refractivity contribution in [1.82, 2.24) is 9.80 Å². The minimum Gasteiger partial charge on any atom is -0.496 e. The monoisotopic (exact) mass is 349 g/mol. The molecule has 26 heavy (non-hydrogen) atoms. The highest BCUT2D eigenvalue weighted by Gasteiger charge is 2.21. The molecule has 1 aromatic carbocycles. The summed E-state index contributed by atoms with van der Waals surface area (Å²) >= 11 is 0. The van der Waals surface area contributed by atoms with Gasteiger partial charge in [0.15, 0.2) is 0 Å². The minimum absolute atomic E-state index is 0.730. The molecule has 1 saturated heterocycles. The van der Waals surface area contributed by atoms with Gasteiger partial charge in [-0.1, -0.05) is 18.2 Å². The number of fused-ring (bicyclic) bond motifs is 1. The molecule has 0 aliphatic carbocycles. The van der Waals surface area contributed by atoms with Crippen LogP contribution in [0.3, 0.4) is 0 Å². The molecule has 4 heteroatoms. The number of amidine groups is 1. The van der Waals surface area contributed by atoms with Gasteiger partial charge in [-0.25, -0.2) is 0 Å². The highest BCUT2D eigenvalue weighted by atomic mass is 16.5. The average Bonchev–Trinajstić information content (AvgIpc) is 3.10. The molecule has 4 rings (SSSR count). The molecule has 136 valence electrons. The third-order valence-corrected chi connectivity index (χ3v) is 5.55. The van der Waals surface area contributed by atoms with Gasteiger partial charge in [-0.15, -0.1) is 0 Å². The molecule has 0 saturated carbocycles. The van der Waals surface area contributed by atoms with Crippen LogP contribution < -0.4 is 4.74 Å². The lowest BCUT2D eigenvalue weighted by atomic mass is 10.0. The third kappa shape index (κ3) is 3.47. The lowest BCUT2D eigenvalue weighted by molar-refractivity contribution is 0.271. The lowest BCUT2D eigenvalue weighted by Gasteiger charge is -2.28. The van der Waals surface area contributed by atoms with E-state index in [4.69, 9.17) is 9.73 Å². The molecular formula is C22H27N3O. The van der Waals surface area contributed by atoms with Gasteiger partial charge in [-0.3, -0.25) is 4.99 Å². The highest BCUT2D eigenvalue weighted by molar-refractivity contribution is 6.01. The van der Waals surface area contributed by atoms with Crippen LogP contribution in [0, 0.1) is 0 Å². The quantitative estimate of drug-likeness (QED) is 0.802. The van der Waals surface area contributed by atoms with E-state index in [0.29, 0.717) is 0 Å². The van der Waals surface area contributed by atoms with Crippen LogP contribution in [0.5, 0.6) is 5.75 Å². The Labute approximate surface area is 156 Å². The fourth-order valence-electron chi connectivity index (χ4n) is 3.97. The van der Waals surface area contributed by atoms with Crippen molar-refractivity contribution in [2.24, 2.45) is 4.99 Å². The Hall–Kier alpha value is -2.33. The Morgan fingerprint density at radius 1 is 1.19 bits per heavy atom. The molecule has 3 aliphatic heterocycles. The standard InChI is InChI=1S/C22H27N3O/c1-17-6-5-12-24(17)13-11-18-14-23-22-10-9-19(16-25(22)15-18)20-7-3-4-8-21(20)26-2/h3-4,7-10,15-17H,5-6,11-14H2,1-2H3. The van der Waals surface area contributed by atoms with Crippen LogP contribution in [0.2, 0.25) is 0 Å². The van der Waals surface area contributed by atoms with E-state index in [1.54, 1.807) is 7.11 Å². The number of ether oxygens (including phenoxy) is 1. The van der Waals surface area contributed by atoms with Crippen molar-refractivity contribution in [3.05, 3.63) is 60.0 Å². The number of hydrogen-bond acceptors (Lipinski definition) is 4. The second kappa shape index (κ2) is 7.50. The fourth-order valence-corrected chi connectivity index (χ4v) is 3.97. The SMILES string of the molecule is COc1ccccc1C1=CN2C=C(CCN3CCCC3C)CN=C2C=C1. The second-order valence-corrected chi connectivity index (χ2v) is 7.26. The molecule has 4 nitrogen and oxygen atoms in total. The van der Waals surface area contributed by atoms with Crippen molar-refractivity contribution in [2.75, 3.05) is 26.7 Å². The van der Waals surface area contributed by atoms with Crippen LogP contribution in [0.15, 0.2) is 59.4 Å². The molecule has 1 fully saturated rings. The highest BCUT2D eigenvalue weighted by Crippen LogP contribution is 2.30. The zero-order chi connectivity index (χ0) is 17.9. The van der Waals surface area contributed by atoms with Gasteiger partial charge in [0.1, 0.15) is 11.6 Å². The summed E-state index contributed by atoms with van der Waals surface area (Å²) in [4.78, 5) is 9.53. The number of hydrogen-bond donors (Lipinski definition) is 0. The maximum Gasteiger partial charge on any atom is 0.131 e. The van der Waals surface area contributed by atoms with Crippen LogP contribution in [0.4, 0.5) is 0 Å². The number of para-hydroxylation sites is 1. The van der Waals surface area contributed by atoms with Crippen LogP contribution >= 0.6 is 0 Å². The number of rotatable bonds is 5. The van der Waals surface area contributed by atoms with E-state index in [0.717, 1.165) is 48.3 Å². The first kappa shape index (κ1) is 17.1. The molecule has 1 aromatic rings. The van der Waals surface area contributed by atoms with Crippen molar-refractivity contribution in [3.8, 4) is 5.75 Å². The van der Waals surface area contributed by atoms with Gasteiger partial charge in [0.2, 0.25) is 0 Å². The van der Waals surface area contributed by atoms with E-state index in [-0.39, 0.29) is 0 Å². The molecule has 0 N–H and O–H groups in total. The maximum absolute atomic E-state index is 5.52. The van der Waals surface area contributed by atoms with Crippen molar-refractivity contribution < 1.29 is 4.74 Å². The Kier molecular flexibility index (Phi) is 4.93. The zero-order valence-corrected chi connectivity index (χ0v) is 15.7. The number of benzene rings is 1. The molecule has 1 atom stereocenters. The topological polar surface area (TPSA) is 28.1 Å². The van der Waals surface area contributed by atoms with Crippen LogP contribution in [-0.4, -0.2) is 48.4 Å².